The molecule has 0 fully saturated rings. The summed E-state index contributed by atoms with van der Waals surface area (Å²) in [7, 11) is 0. The van der Waals surface area contributed by atoms with Crippen LogP contribution in [-0.2, 0) is 6.18 Å². The predicted octanol–water partition coefficient (Wildman–Crippen LogP) is 4.75. The number of hydrogen-bond donors (Lipinski definition) is 0. The van der Waals surface area contributed by atoms with Crippen LogP contribution in [0.2, 0.25) is 0 Å². The van der Waals surface area contributed by atoms with Crippen LogP contribution < -0.4 is 0 Å². The highest BCUT2D eigenvalue weighted by Crippen LogP contribution is 2.28. The lowest BCUT2D eigenvalue weighted by molar-refractivity contribution is -0.137. The van der Waals surface area contributed by atoms with E-state index < -0.39 is 23.4 Å². The van der Waals surface area contributed by atoms with E-state index in [9.17, 15) is 22.0 Å². The van der Waals surface area contributed by atoms with Crippen molar-refractivity contribution in [2.45, 2.75) is 13.1 Å². The summed E-state index contributed by atoms with van der Waals surface area (Å²) in [4.78, 5) is 0. The summed E-state index contributed by atoms with van der Waals surface area (Å²) in [5.74, 6) is -1.54. The first kappa shape index (κ1) is 16.8. The highest BCUT2D eigenvalue weighted by Gasteiger charge is 2.29. The van der Waals surface area contributed by atoms with Crippen molar-refractivity contribution in [1.82, 2.24) is 0 Å². The molecule has 2 aromatic rings. The summed E-state index contributed by atoms with van der Waals surface area (Å²) in [6, 6.07) is 6.56. The van der Waals surface area contributed by atoms with Crippen LogP contribution in [0.15, 0.2) is 46.6 Å². The average Bonchev–Trinajstić information content (AvgIpc) is 2.45. The van der Waals surface area contributed by atoms with Crippen LogP contribution in [0.1, 0.15) is 22.3 Å². The summed E-state index contributed by atoms with van der Waals surface area (Å²) >= 11 is 0. The van der Waals surface area contributed by atoms with E-state index in [0.717, 1.165) is 30.5 Å². The van der Waals surface area contributed by atoms with Crippen LogP contribution >= 0.6 is 0 Å². The Morgan fingerprint density at radius 3 is 1.91 bits per heavy atom. The van der Waals surface area contributed by atoms with Crippen molar-refractivity contribution in [3.63, 3.8) is 0 Å². The van der Waals surface area contributed by atoms with Crippen molar-refractivity contribution in [3.8, 4) is 0 Å². The molecule has 0 spiro atoms. The first-order chi connectivity index (χ1) is 10.8. The fourth-order valence-electron chi connectivity index (χ4n) is 1.78. The third kappa shape index (κ3) is 4.45. The van der Waals surface area contributed by atoms with Gasteiger partial charge < -0.3 is 0 Å². The number of aryl methyl sites for hydroxylation is 1. The van der Waals surface area contributed by atoms with Gasteiger partial charge in [-0.3, -0.25) is 0 Å². The summed E-state index contributed by atoms with van der Waals surface area (Å²) in [6.45, 7) is 1.55. The number of nitrogens with zero attached hydrogens (tertiary/aromatic N) is 2. The molecule has 0 N–H and O–H groups in total. The molecule has 2 rings (SSSR count). The Morgan fingerprint density at radius 2 is 1.39 bits per heavy atom. The Balaban J connectivity index is 2.10. The van der Waals surface area contributed by atoms with Gasteiger partial charge in [0.1, 0.15) is 11.6 Å². The highest BCUT2D eigenvalue weighted by molar-refractivity contribution is 5.83. The van der Waals surface area contributed by atoms with Gasteiger partial charge in [0, 0.05) is 0 Å². The molecule has 7 heteroatoms. The van der Waals surface area contributed by atoms with E-state index in [2.05, 4.69) is 10.2 Å². The molecule has 0 bridgehead atoms. The zero-order chi connectivity index (χ0) is 17.0. The second-order valence-electron chi connectivity index (χ2n) is 4.75. The molecule has 0 atom stereocenters. The van der Waals surface area contributed by atoms with Gasteiger partial charge >= 0.3 is 6.18 Å². The van der Waals surface area contributed by atoms with Crippen molar-refractivity contribution in [3.05, 3.63) is 70.3 Å². The molecule has 0 saturated heterocycles. The first-order valence-electron chi connectivity index (χ1n) is 6.46. The van der Waals surface area contributed by atoms with Crippen LogP contribution in [-0.4, -0.2) is 12.4 Å². The highest BCUT2D eigenvalue weighted by atomic mass is 19.4. The fourth-order valence-corrected chi connectivity index (χ4v) is 1.78. The second-order valence-corrected chi connectivity index (χ2v) is 4.75. The van der Waals surface area contributed by atoms with E-state index in [1.165, 1.54) is 18.3 Å². The molecule has 2 nitrogen and oxygen atoms in total. The largest absolute Gasteiger partial charge is 0.416 e. The molecule has 0 radical (unpaired) electrons. The minimum Gasteiger partial charge on any atom is -0.206 e. The molecule has 120 valence electrons. The SMILES string of the molecule is Cc1cc(F)c(C=NN=Cc2ccc(C(F)(F)F)cc2)c(F)c1. The van der Waals surface area contributed by atoms with Gasteiger partial charge in [0.2, 0.25) is 0 Å². The Labute approximate surface area is 129 Å². The van der Waals surface area contributed by atoms with Crippen molar-refractivity contribution in [1.29, 1.82) is 0 Å². The molecule has 0 aliphatic heterocycles. The standard InChI is InChI=1S/C16H11F5N2/c1-10-6-14(17)13(15(18)7-10)9-23-22-8-11-2-4-12(5-3-11)16(19,20)21/h2-9H,1H3. The molecule has 0 heterocycles. The predicted molar refractivity (Wildman–Crippen MR) is 77.7 cm³/mol. The van der Waals surface area contributed by atoms with E-state index in [1.807, 2.05) is 0 Å². The van der Waals surface area contributed by atoms with Crippen LogP contribution in [0.4, 0.5) is 22.0 Å². The molecule has 0 unspecified atom stereocenters. The van der Waals surface area contributed by atoms with Crippen LogP contribution in [0.5, 0.6) is 0 Å². The zero-order valence-corrected chi connectivity index (χ0v) is 11.9. The molecule has 0 saturated carbocycles. The average molecular weight is 326 g/mol. The van der Waals surface area contributed by atoms with E-state index in [0.29, 0.717) is 11.1 Å². The molecular formula is C16H11F5N2. The quantitative estimate of drug-likeness (QED) is 0.442. The van der Waals surface area contributed by atoms with Gasteiger partial charge in [0.25, 0.3) is 0 Å². The molecule has 0 aliphatic rings. The summed E-state index contributed by atoms with van der Waals surface area (Å²) in [6.07, 6.45) is -2.32. The van der Waals surface area contributed by atoms with Crippen molar-refractivity contribution in [2.24, 2.45) is 10.2 Å². The fraction of sp³-hybridized carbons (Fsp3) is 0.125. The van der Waals surface area contributed by atoms with E-state index in [4.69, 9.17) is 0 Å². The lowest BCUT2D eigenvalue weighted by Crippen LogP contribution is -2.04. The maximum Gasteiger partial charge on any atom is 0.416 e. The molecule has 0 aromatic heterocycles. The van der Waals surface area contributed by atoms with E-state index in [-0.39, 0.29) is 5.56 Å². The van der Waals surface area contributed by atoms with Crippen LogP contribution in [0, 0.1) is 18.6 Å². The summed E-state index contributed by atoms with van der Waals surface area (Å²) in [5, 5.41) is 7.06. The first-order valence-corrected chi connectivity index (χ1v) is 6.46. The van der Waals surface area contributed by atoms with Gasteiger partial charge in [0.15, 0.2) is 0 Å². The topological polar surface area (TPSA) is 24.7 Å². The summed E-state index contributed by atoms with van der Waals surface area (Å²) in [5.41, 5.74) is -0.299. The number of benzene rings is 2. The number of hydrogen-bond acceptors (Lipinski definition) is 2. The normalized spacial score (nSPS) is 12.4. The number of rotatable bonds is 3. The molecular weight excluding hydrogens is 315 g/mol. The van der Waals surface area contributed by atoms with Gasteiger partial charge in [-0.25, -0.2) is 8.78 Å². The van der Waals surface area contributed by atoms with Gasteiger partial charge in [-0.15, -0.1) is 0 Å². The molecule has 2 aromatic carbocycles. The Hall–Kier alpha value is -2.57. The van der Waals surface area contributed by atoms with Crippen molar-refractivity contribution < 1.29 is 22.0 Å². The number of halogens is 5. The van der Waals surface area contributed by atoms with Crippen LogP contribution in [0.25, 0.3) is 0 Å². The van der Waals surface area contributed by atoms with E-state index >= 15 is 0 Å². The Morgan fingerprint density at radius 1 is 0.870 bits per heavy atom. The smallest absolute Gasteiger partial charge is 0.206 e. The van der Waals surface area contributed by atoms with Gasteiger partial charge in [-0.2, -0.15) is 23.4 Å². The molecule has 0 amide bonds. The van der Waals surface area contributed by atoms with Gasteiger partial charge in [-0.05, 0) is 42.3 Å². The Kier molecular flexibility index (Phi) is 4.88. The Bertz CT molecular complexity index is 723. The lowest BCUT2D eigenvalue weighted by Gasteiger charge is -2.05. The minimum absolute atomic E-state index is 0.333. The van der Waals surface area contributed by atoms with Crippen molar-refractivity contribution in [2.75, 3.05) is 0 Å². The second kappa shape index (κ2) is 6.68. The minimum atomic E-state index is -4.41. The van der Waals surface area contributed by atoms with Gasteiger partial charge in [0.05, 0.1) is 23.6 Å². The third-order valence-corrected chi connectivity index (χ3v) is 2.92. The molecule has 23 heavy (non-hydrogen) atoms. The zero-order valence-electron chi connectivity index (χ0n) is 11.9. The molecule has 0 aliphatic carbocycles. The number of alkyl halides is 3. The van der Waals surface area contributed by atoms with E-state index in [1.54, 1.807) is 6.92 Å². The van der Waals surface area contributed by atoms with Gasteiger partial charge in [-0.1, -0.05) is 12.1 Å². The maximum atomic E-state index is 13.5. The third-order valence-electron chi connectivity index (χ3n) is 2.92. The lowest BCUT2D eigenvalue weighted by atomic mass is 10.1. The van der Waals surface area contributed by atoms with Crippen molar-refractivity contribution >= 4 is 12.4 Å². The maximum absolute atomic E-state index is 13.5. The monoisotopic (exact) mass is 326 g/mol. The van der Waals surface area contributed by atoms with Crippen LogP contribution in [0.3, 0.4) is 0 Å². The summed E-state index contributed by atoms with van der Waals surface area (Å²) < 4.78 is 64.2.